The first-order valence-corrected chi connectivity index (χ1v) is 6.34. The monoisotopic (exact) mass is 242 g/mol. The molecule has 1 amide bonds. The topological polar surface area (TPSA) is 75.6 Å². The van der Waals surface area contributed by atoms with Gasteiger partial charge < -0.3 is 16.4 Å². The molecular weight excluding hydrogens is 216 g/mol. The molecule has 4 N–H and O–H groups in total. The van der Waals surface area contributed by atoms with Gasteiger partial charge in [-0.1, -0.05) is 0 Å². The van der Waals surface area contributed by atoms with Crippen LogP contribution in [0.2, 0.25) is 0 Å². The van der Waals surface area contributed by atoms with E-state index in [2.05, 4.69) is 23.8 Å². The molecular formula is C12H26N4O. The summed E-state index contributed by atoms with van der Waals surface area (Å²) < 4.78 is 0. The number of hydrogen-bond acceptors (Lipinski definition) is 4. The van der Waals surface area contributed by atoms with Crippen molar-refractivity contribution in [2.75, 3.05) is 33.2 Å². The van der Waals surface area contributed by atoms with Gasteiger partial charge in [0.2, 0.25) is 5.91 Å². The van der Waals surface area contributed by atoms with Gasteiger partial charge in [0.15, 0.2) is 0 Å². The second kappa shape index (κ2) is 5.80. The highest BCUT2D eigenvalue weighted by atomic mass is 16.1. The Labute approximate surface area is 104 Å². The Morgan fingerprint density at radius 3 is 2.71 bits per heavy atom. The van der Waals surface area contributed by atoms with Crippen LogP contribution in [0.1, 0.15) is 26.7 Å². The van der Waals surface area contributed by atoms with Crippen molar-refractivity contribution in [1.29, 1.82) is 0 Å². The minimum absolute atomic E-state index is 0.419. The SMILES string of the molecule is CC1CN(C)CCCN1CCC(C)(N)C(N)=O. The van der Waals surface area contributed by atoms with Crippen LogP contribution in [0, 0.1) is 0 Å². The average Bonchev–Trinajstić information content (AvgIpc) is 2.36. The molecule has 0 aliphatic carbocycles. The van der Waals surface area contributed by atoms with Crippen LogP contribution in [0.4, 0.5) is 0 Å². The first-order valence-electron chi connectivity index (χ1n) is 6.34. The second-order valence-corrected chi connectivity index (χ2v) is 5.53. The van der Waals surface area contributed by atoms with Crippen molar-refractivity contribution in [1.82, 2.24) is 9.80 Å². The molecule has 1 aliphatic rings. The summed E-state index contributed by atoms with van der Waals surface area (Å²) in [5, 5.41) is 0. The minimum atomic E-state index is -0.891. The van der Waals surface area contributed by atoms with E-state index in [4.69, 9.17) is 11.5 Å². The number of nitrogens with two attached hydrogens (primary N) is 2. The van der Waals surface area contributed by atoms with Crippen LogP contribution < -0.4 is 11.5 Å². The number of amides is 1. The van der Waals surface area contributed by atoms with E-state index in [1.807, 2.05) is 0 Å². The molecule has 1 saturated heterocycles. The van der Waals surface area contributed by atoms with Crippen LogP contribution in [0.3, 0.4) is 0 Å². The third kappa shape index (κ3) is 4.26. The highest BCUT2D eigenvalue weighted by molar-refractivity contribution is 5.83. The standard InChI is InChI=1S/C12H26N4O/c1-10-9-15(3)6-4-7-16(10)8-5-12(2,14)11(13)17/h10H,4-9,14H2,1-3H3,(H2,13,17). The van der Waals surface area contributed by atoms with Crippen LogP contribution in [0.25, 0.3) is 0 Å². The van der Waals surface area contributed by atoms with E-state index >= 15 is 0 Å². The molecule has 5 nitrogen and oxygen atoms in total. The van der Waals surface area contributed by atoms with Gasteiger partial charge in [-0.05, 0) is 46.8 Å². The minimum Gasteiger partial charge on any atom is -0.368 e. The van der Waals surface area contributed by atoms with Crippen LogP contribution >= 0.6 is 0 Å². The Kier molecular flexibility index (Phi) is 4.91. The number of nitrogens with zero attached hydrogens (tertiary/aromatic N) is 2. The normalized spacial score (nSPS) is 27.4. The van der Waals surface area contributed by atoms with Crippen LogP contribution in [-0.2, 0) is 4.79 Å². The number of rotatable bonds is 4. The molecule has 0 bridgehead atoms. The summed E-state index contributed by atoms with van der Waals surface area (Å²) in [6.07, 6.45) is 1.79. The van der Waals surface area contributed by atoms with E-state index in [1.165, 1.54) is 6.42 Å². The summed E-state index contributed by atoms with van der Waals surface area (Å²) in [6.45, 7) is 8.05. The molecule has 0 aromatic heterocycles. The lowest BCUT2D eigenvalue weighted by Crippen LogP contribution is -2.52. The summed E-state index contributed by atoms with van der Waals surface area (Å²) >= 11 is 0. The molecule has 0 spiro atoms. The number of carbonyl (C=O) groups excluding carboxylic acids is 1. The quantitative estimate of drug-likeness (QED) is 0.704. The molecule has 0 aromatic rings. The number of likely N-dealkylation sites (N-methyl/N-ethyl adjacent to an activating group) is 1. The molecule has 0 aromatic carbocycles. The van der Waals surface area contributed by atoms with E-state index in [0.717, 1.165) is 26.2 Å². The zero-order valence-corrected chi connectivity index (χ0v) is 11.3. The maximum Gasteiger partial charge on any atom is 0.237 e. The summed E-state index contributed by atoms with van der Waals surface area (Å²) in [6, 6.07) is 0.506. The molecule has 2 unspecified atom stereocenters. The average molecular weight is 242 g/mol. The van der Waals surface area contributed by atoms with Crippen molar-refractivity contribution < 1.29 is 4.79 Å². The summed E-state index contributed by atoms with van der Waals surface area (Å²) in [4.78, 5) is 15.9. The van der Waals surface area contributed by atoms with E-state index in [1.54, 1.807) is 6.92 Å². The lowest BCUT2D eigenvalue weighted by atomic mass is 9.98. The maximum atomic E-state index is 11.2. The predicted molar refractivity (Wildman–Crippen MR) is 69.6 cm³/mol. The van der Waals surface area contributed by atoms with Crippen molar-refractivity contribution in [3.63, 3.8) is 0 Å². The van der Waals surface area contributed by atoms with E-state index in [-0.39, 0.29) is 0 Å². The van der Waals surface area contributed by atoms with Gasteiger partial charge in [0, 0.05) is 19.1 Å². The molecule has 1 heterocycles. The fourth-order valence-electron chi connectivity index (χ4n) is 2.25. The zero-order chi connectivity index (χ0) is 13.1. The number of hydrogen-bond donors (Lipinski definition) is 2. The summed E-state index contributed by atoms with van der Waals surface area (Å²) in [5.41, 5.74) is 10.3. The smallest absolute Gasteiger partial charge is 0.237 e. The Morgan fingerprint density at radius 1 is 1.47 bits per heavy atom. The number of carbonyl (C=O) groups is 1. The van der Waals surface area contributed by atoms with Gasteiger partial charge in [-0.3, -0.25) is 9.69 Å². The molecule has 0 radical (unpaired) electrons. The lowest BCUT2D eigenvalue weighted by molar-refractivity contribution is -0.122. The van der Waals surface area contributed by atoms with Crippen molar-refractivity contribution in [3.05, 3.63) is 0 Å². The van der Waals surface area contributed by atoms with Crippen LogP contribution in [0.5, 0.6) is 0 Å². The van der Waals surface area contributed by atoms with Gasteiger partial charge in [-0.25, -0.2) is 0 Å². The van der Waals surface area contributed by atoms with Gasteiger partial charge in [0.05, 0.1) is 5.54 Å². The molecule has 1 fully saturated rings. The highest BCUT2D eigenvalue weighted by Crippen LogP contribution is 2.12. The van der Waals surface area contributed by atoms with Gasteiger partial charge in [0.1, 0.15) is 0 Å². The fraction of sp³-hybridized carbons (Fsp3) is 0.917. The van der Waals surface area contributed by atoms with Gasteiger partial charge >= 0.3 is 0 Å². The largest absolute Gasteiger partial charge is 0.368 e. The molecule has 0 saturated carbocycles. The molecule has 1 aliphatic heterocycles. The van der Waals surface area contributed by atoms with Gasteiger partial charge in [-0.2, -0.15) is 0 Å². The third-order valence-electron chi connectivity index (χ3n) is 3.67. The molecule has 1 rings (SSSR count). The Balaban J connectivity index is 2.48. The Morgan fingerprint density at radius 2 is 2.12 bits per heavy atom. The Bertz CT molecular complexity index is 267. The Hall–Kier alpha value is -0.650. The van der Waals surface area contributed by atoms with Crippen LogP contribution in [0.15, 0.2) is 0 Å². The zero-order valence-electron chi connectivity index (χ0n) is 11.3. The van der Waals surface area contributed by atoms with Crippen molar-refractivity contribution in [2.45, 2.75) is 38.3 Å². The van der Waals surface area contributed by atoms with Crippen molar-refractivity contribution >= 4 is 5.91 Å². The maximum absolute atomic E-state index is 11.2. The molecule has 5 heteroatoms. The molecule has 17 heavy (non-hydrogen) atoms. The van der Waals surface area contributed by atoms with Gasteiger partial charge in [-0.15, -0.1) is 0 Å². The van der Waals surface area contributed by atoms with Crippen molar-refractivity contribution in [3.8, 4) is 0 Å². The summed E-state index contributed by atoms with van der Waals surface area (Å²) in [7, 11) is 2.15. The van der Waals surface area contributed by atoms with Crippen molar-refractivity contribution in [2.24, 2.45) is 11.5 Å². The fourth-order valence-corrected chi connectivity index (χ4v) is 2.25. The first-order chi connectivity index (χ1) is 7.83. The molecule has 100 valence electrons. The summed E-state index contributed by atoms with van der Waals surface area (Å²) in [5.74, 6) is -0.419. The van der Waals surface area contributed by atoms with E-state index < -0.39 is 11.4 Å². The third-order valence-corrected chi connectivity index (χ3v) is 3.67. The van der Waals surface area contributed by atoms with Crippen LogP contribution in [-0.4, -0.2) is 60.5 Å². The van der Waals surface area contributed by atoms with E-state index in [9.17, 15) is 4.79 Å². The second-order valence-electron chi connectivity index (χ2n) is 5.53. The number of primary amides is 1. The molecule has 2 atom stereocenters. The highest BCUT2D eigenvalue weighted by Gasteiger charge is 2.28. The van der Waals surface area contributed by atoms with Gasteiger partial charge in [0.25, 0.3) is 0 Å². The predicted octanol–water partition coefficient (Wildman–Crippen LogP) is -0.395. The first kappa shape index (κ1) is 14.4. The lowest BCUT2D eigenvalue weighted by Gasteiger charge is -2.30. The van der Waals surface area contributed by atoms with E-state index in [0.29, 0.717) is 12.5 Å².